The van der Waals surface area contributed by atoms with Gasteiger partial charge in [-0.25, -0.2) is 4.39 Å². The summed E-state index contributed by atoms with van der Waals surface area (Å²) < 4.78 is 56.2. The van der Waals surface area contributed by atoms with Crippen LogP contribution in [-0.2, 0) is 12.8 Å². The van der Waals surface area contributed by atoms with E-state index in [9.17, 15) is 22.4 Å². The molecular weight excluding hydrogens is 410 g/mol. The summed E-state index contributed by atoms with van der Waals surface area (Å²) in [5, 5.41) is 0. The van der Waals surface area contributed by atoms with Crippen molar-refractivity contribution in [3.05, 3.63) is 89.2 Å². The number of amides is 1. The molecule has 0 spiro atoms. The van der Waals surface area contributed by atoms with E-state index >= 15 is 0 Å². The van der Waals surface area contributed by atoms with Crippen LogP contribution in [0.15, 0.2) is 66.7 Å². The molecule has 7 heteroatoms. The van der Waals surface area contributed by atoms with Crippen molar-refractivity contribution < 1.29 is 27.1 Å². The number of carbonyl (C=O) groups is 1. The molecule has 0 aliphatic carbocycles. The number of para-hydroxylation sites is 1. The molecule has 0 saturated heterocycles. The summed E-state index contributed by atoms with van der Waals surface area (Å²) in [4.78, 5) is 14.6. The Balaban J connectivity index is 1.54. The Labute approximate surface area is 176 Å². The third kappa shape index (κ3) is 4.71. The van der Waals surface area contributed by atoms with E-state index in [-0.39, 0.29) is 17.5 Å². The van der Waals surface area contributed by atoms with E-state index in [0.29, 0.717) is 48.2 Å². The molecule has 160 valence electrons. The van der Waals surface area contributed by atoms with Gasteiger partial charge in [-0.2, -0.15) is 0 Å². The Morgan fingerprint density at radius 1 is 0.935 bits per heavy atom. The van der Waals surface area contributed by atoms with E-state index in [1.54, 1.807) is 53.4 Å². The minimum atomic E-state index is -4.79. The predicted molar refractivity (Wildman–Crippen MR) is 108 cm³/mol. The van der Waals surface area contributed by atoms with Gasteiger partial charge in [-0.05, 0) is 47.7 Å². The summed E-state index contributed by atoms with van der Waals surface area (Å²) in [7, 11) is 0. The van der Waals surface area contributed by atoms with E-state index in [0.717, 1.165) is 5.56 Å². The molecule has 4 rings (SSSR count). The first kappa shape index (κ1) is 20.9. The molecule has 1 heterocycles. The van der Waals surface area contributed by atoms with E-state index in [4.69, 9.17) is 0 Å². The smallest absolute Gasteiger partial charge is 0.405 e. The van der Waals surface area contributed by atoms with Crippen molar-refractivity contribution in [3.8, 4) is 16.9 Å². The average molecular weight is 429 g/mol. The molecule has 3 aromatic carbocycles. The normalized spacial score (nSPS) is 13.8. The third-order valence-corrected chi connectivity index (χ3v) is 5.31. The van der Waals surface area contributed by atoms with Gasteiger partial charge in [-0.15, -0.1) is 13.2 Å². The molecule has 0 fully saturated rings. The minimum absolute atomic E-state index is 0.163. The fourth-order valence-electron chi connectivity index (χ4n) is 3.79. The van der Waals surface area contributed by atoms with Crippen LogP contribution in [0.5, 0.6) is 5.75 Å². The quantitative estimate of drug-likeness (QED) is 0.492. The summed E-state index contributed by atoms with van der Waals surface area (Å²) in [5.74, 6) is -0.746. The Morgan fingerprint density at radius 2 is 1.68 bits per heavy atom. The summed E-state index contributed by atoms with van der Waals surface area (Å²) in [5.41, 5.74) is 2.69. The van der Waals surface area contributed by atoms with E-state index in [2.05, 4.69) is 4.74 Å². The number of ether oxygens (including phenoxy) is 1. The van der Waals surface area contributed by atoms with Crippen LogP contribution in [0.2, 0.25) is 0 Å². The molecule has 0 unspecified atom stereocenters. The van der Waals surface area contributed by atoms with Gasteiger partial charge >= 0.3 is 6.36 Å². The number of hydrogen-bond donors (Lipinski definition) is 0. The number of carbonyl (C=O) groups excluding carboxylic acids is 1. The van der Waals surface area contributed by atoms with Crippen LogP contribution in [0.3, 0.4) is 0 Å². The minimum Gasteiger partial charge on any atom is -0.405 e. The summed E-state index contributed by atoms with van der Waals surface area (Å²) in [6, 6.07) is 17.4. The van der Waals surface area contributed by atoms with Crippen molar-refractivity contribution in [1.29, 1.82) is 0 Å². The number of hydrogen-bond acceptors (Lipinski definition) is 2. The van der Waals surface area contributed by atoms with Gasteiger partial charge in [0.05, 0.1) is 0 Å². The molecule has 1 aliphatic heterocycles. The first-order valence-electron chi connectivity index (χ1n) is 9.82. The van der Waals surface area contributed by atoms with Crippen molar-refractivity contribution in [1.82, 2.24) is 4.90 Å². The number of rotatable bonds is 5. The first-order chi connectivity index (χ1) is 14.8. The Morgan fingerprint density at radius 3 is 2.45 bits per heavy atom. The molecule has 1 amide bonds. The van der Waals surface area contributed by atoms with Crippen molar-refractivity contribution >= 4 is 5.91 Å². The maximum atomic E-state index is 13.8. The topological polar surface area (TPSA) is 29.5 Å². The summed E-state index contributed by atoms with van der Waals surface area (Å²) in [6.07, 6.45) is -3.82. The highest BCUT2D eigenvalue weighted by atomic mass is 19.4. The predicted octanol–water partition coefficient (Wildman–Crippen LogP) is 5.63. The van der Waals surface area contributed by atoms with Crippen LogP contribution in [0, 0.1) is 5.82 Å². The van der Waals surface area contributed by atoms with E-state index in [1.807, 2.05) is 0 Å². The van der Waals surface area contributed by atoms with Crippen molar-refractivity contribution in [2.75, 3.05) is 13.1 Å². The highest BCUT2D eigenvalue weighted by molar-refractivity contribution is 5.97. The van der Waals surface area contributed by atoms with Crippen LogP contribution in [-0.4, -0.2) is 30.3 Å². The number of nitrogens with zero attached hydrogens (tertiary/aromatic N) is 1. The maximum Gasteiger partial charge on any atom is 0.573 e. The lowest BCUT2D eigenvalue weighted by molar-refractivity contribution is -0.274. The monoisotopic (exact) mass is 429 g/mol. The van der Waals surface area contributed by atoms with Crippen LogP contribution >= 0.6 is 0 Å². The Bertz CT molecular complexity index is 1110. The number of halogens is 4. The zero-order valence-corrected chi connectivity index (χ0v) is 16.5. The largest absolute Gasteiger partial charge is 0.573 e. The molecule has 3 nitrogen and oxygen atoms in total. The lowest BCUT2D eigenvalue weighted by atomic mass is 9.93. The van der Waals surface area contributed by atoms with Crippen LogP contribution in [0.25, 0.3) is 11.1 Å². The van der Waals surface area contributed by atoms with E-state index in [1.165, 1.54) is 18.2 Å². The Kier molecular flexibility index (Phi) is 5.67. The first-order valence-corrected chi connectivity index (χ1v) is 9.82. The van der Waals surface area contributed by atoms with Crippen LogP contribution in [0.1, 0.15) is 21.5 Å². The Hall–Kier alpha value is -3.35. The van der Waals surface area contributed by atoms with Gasteiger partial charge < -0.3 is 9.64 Å². The molecule has 0 bridgehead atoms. The molecule has 0 radical (unpaired) electrons. The van der Waals surface area contributed by atoms with Gasteiger partial charge in [0.1, 0.15) is 11.6 Å². The van der Waals surface area contributed by atoms with Gasteiger partial charge in [-0.3, -0.25) is 4.79 Å². The highest BCUT2D eigenvalue weighted by Gasteiger charge is 2.32. The lowest BCUT2D eigenvalue weighted by Gasteiger charge is -2.29. The molecule has 0 atom stereocenters. The van der Waals surface area contributed by atoms with Gasteiger partial charge in [0.15, 0.2) is 0 Å². The second-order valence-corrected chi connectivity index (χ2v) is 7.30. The molecule has 3 aromatic rings. The standard InChI is InChI=1S/C24H19F4NO2/c25-21-7-3-1-5-16(21)11-13-29-14-12-18-15-17(9-10-20(18)23(29)30)19-6-2-4-8-22(19)31-24(26,27)28/h1-10,15H,11-14H2. The van der Waals surface area contributed by atoms with Gasteiger partial charge in [0.2, 0.25) is 0 Å². The van der Waals surface area contributed by atoms with Gasteiger partial charge in [0.25, 0.3) is 5.91 Å². The molecule has 0 aromatic heterocycles. The third-order valence-electron chi connectivity index (χ3n) is 5.31. The fraction of sp³-hybridized carbons (Fsp3) is 0.208. The van der Waals surface area contributed by atoms with Crippen molar-refractivity contribution in [2.24, 2.45) is 0 Å². The molecular formula is C24H19F4NO2. The summed E-state index contributed by atoms with van der Waals surface area (Å²) >= 11 is 0. The number of benzene rings is 3. The molecule has 0 N–H and O–H groups in total. The van der Waals surface area contributed by atoms with Crippen LogP contribution < -0.4 is 4.74 Å². The zero-order chi connectivity index (χ0) is 22.0. The fourth-order valence-corrected chi connectivity index (χ4v) is 3.79. The maximum absolute atomic E-state index is 13.8. The number of fused-ring (bicyclic) bond motifs is 1. The number of alkyl halides is 3. The summed E-state index contributed by atoms with van der Waals surface area (Å²) in [6.45, 7) is 0.855. The lowest BCUT2D eigenvalue weighted by Crippen LogP contribution is -2.39. The second kappa shape index (κ2) is 8.41. The van der Waals surface area contributed by atoms with Gasteiger partial charge in [-0.1, -0.05) is 48.5 Å². The second-order valence-electron chi connectivity index (χ2n) is 7.30. The molecule has 1 aliphatic rings. The van der Waals surface area contributed by atoms with Crippen molar-refractivity contribution in [3.63, 3.8) is 0 Å². The molecule has 0 saturated carbocycles. The zero-order valence-electron chi connectivity index (χ0n) is 16.5. The van der Waals surface area contributed by atoms with Crippen molar-refractivity contribution in [2.45, 2.75) is 19.2 Å². The SMILES string of the molecule is O=C1c2ccc(-c3ccccc3OC(F)(F)F)cc2CCN1CCc1ccccc1F. The van der Waals surface area contributed by atoms with E-state index < -0.39 is 6.36 Å². The van der Waals surface area contributed by atoms with Crippen LogP contribution in [0.4, 0.5) is 17.6 Å². The molecule has 31 heavy (non-hydrogen) atoms. The highest BCUT2D eigenvalue weighted by Crippen LogP contribution is 2.35. The average Bonchev–Trinajstić information content (AvgIpc) is 2.73. The van der Waals surface area contributed by atoms with Gasteiger partial charge in [0, 0.05) is 24.2 Å².